The summed E-state index contributed by atoms with van der Waals surface area (Å²) >= 11 is 1.72. The van der Waals surface area contributed by atoms with Crippen molar-refractivity contribution in [2.45, 2.75) is 194 Å². The lowest BCUT2D eigenvalue weighted by Crippen LogP contribution is -2.48. The molecule has 4 rings (SSSR count). The first-order valence-corrected chi connectivity index (χ1v) is 26.7. The Hall–Kier alpha value is -0.996. The zero-order valence-electron chi connectivity index (χ0n) is 34.6. The van der Waals surface area contributed by atoms with Crippen molar-refractivity contribution in [3.05, 3.63) is 45.2 Å². The van der Waals surface area contributed by atoms with Crippen molar-refractivity contribution in [1.29, 1.82) is 0 Å². The molecule has 1 heterocycles. The molecule has 0 spiro atoms. The number of hydrogen-bond donors (Lipinski definition) is 0. The van der Waals surface area contributed by atoms with Crippen molar-refractivity contribution in [2.75, 3.05) is 0 Å². The van der Waals surface area contributed by atoms with Crippen LogP contribution in [0.2, 0.25) is 36.3 Å². The fourth-order valence-corrected chi connectivity index (χ4v) is 12.7. The molecule has 0 aromatic carbocycles. The summed E-state index contributed by atoms with van der Waals surface area (Å²) in [5.41, 5.74) is 4.84. The van der Waals surface area contributed by atoms with Crippen LogP contribution in [0.1, 0.15) is 149 Å². The lowest BCUT2D eigenvalue weighted by Gasteiger charge is -2.45. The average molecular weight is 743 g/mol. The number of allylic oxidation sites excluding steroid dienone is 3. The molecule has 0 aliphatic heterocycles. The molecule has 7 heteroatoms. The number of fused-ring (bicyclic) bond motifs is 1. The van der Waals surface area contributed by atoms with E-state index in [0.29, 0.717) is 17.3 Å². The Bertz CT molecular complexity index is 1320. The minimum absolute atomic E-state index is 0.110. The summed E-state index contributed by atoms with van der Waals surface area (Å²) in [5.74, 6) is 1.93. The van der Waals surface area contributed by atoms with E-state index < -0.39 is 16.6 Å². The van der Waals surface area contributed by atoms with Gasteiger partial charge in [-0.25, -0.2) is 0 Å². The van der Waals surface area contributed by atoms with E-state index in [2.05, 4.69) is 112 Å². The normalized spacial score (nSPS) is 28.8. The molecule has 0 radical (unpaired) electrons. The predicted octanol–water partition coefficient (Wildman–Crippen LogP) is 13.5. The van der Waals surface area contributed by atoms with Gasteiger partial charge in [-0.1, -0.05) is 85.1 Å². The van der Waals surface area contributed by atoms with Gasteiger partial charge in [0.1, 0.15) is 6.10 Å². The second-order valence-corrected chi connectivity index (χ2v) is 30.3. The molecule has 3 aliphatic carbocycles. The molecule has 1 aromatic heterocycles. The molecule has 284 valence electrons. The first-order valence-electron chi connectivity index (χ1n) is 20.0. The summed E-state index contributed by atoms with van der Waals surface area (Å²) in [6, 6.07) is 2.19. The minimum Gasteiger partial charge on any atom is -0.457 e. The Morgan fingerprint density at radius 3 is 2.10 bits per heavy atom. The van der Waals surface area contributed by atoms with Gasteiger partial charge < -0.3 is 13.6 Å². The highest BCUT2D eigenvalue weighted by molar-refractivity contribution is 7.10. The third kappa shape index (κ3) is 10.1. The molecule has 3 aliphatic rings. The van der Waals surface area contributed by atoms with Crippen molar-refractivity contribution >= 4 is 33.9 Å². The topological polar surface area (TPSA) is 44.8 Å². The SMILES string of the molecule is CC(=O)OC(CCC[C@@H](C)[C@H]1CC[C@H]2/C(=C/C=C3C[C@@H](O[Si](C)(C)C(C)(C)C)C[C@H](O[Si](C)(C)C(C)(C)C)C3)CCC[C@]12C)c1cc(C)cs1. The molecule has 4 nitrogen and oxygen atoms in total. The first-order chi connectivity index (χ1) is 23.0. The van der Waals surface area contributed by atoms with E-state index in [-0.39, 0.29) is 34.4 Å². The van der Waals surface area contributed by atoms with Gasteiger partial charge in [-0.3, -0.25) is 4.79 Å². The lowest BCUT2D eigenvalue weighted by atomic mass is 9.60. The third-order valence-corrected chi connectivity index (χ3v) is 24.0. The van der Waals surface area contributed by atoms with Gasteiger partial charge in [-0.2, -0.15) is 0 Å². The molecular formula is C43H74O4SSi2. The van der Waals surface area contributed by atoms with E-state index in [9.17, 15) is 4.79 Å². The molecule has 7 atom stereocenters. The molecule has 0 bridgehead atoms. The van der Waals surface area contributed by atoms with Crippen LogP contribution in [0.4, 0.5) is 0 Å². The maximum absolute atomic E-state index is 11.9. The largest absolute Gasteiger partial charge is 0.457 e. The molecule has 3 saturated carbocycles. The summed E-state index contributed by atoms with van der Waals surface area (Å²) in [4.78, 5) is 13.1. The zero-order valence-corrected chi connectivity index (χ0v) is 37.4. The standard InChI is InChI=1S/C43H74O4SSi2/c1-30-25-40(48-29-30)39(45-32(3)44)19-15-17-31(2)37-22-23-38-34(18-16-24-43(37,38)10)21-20-33-26-35(46-49(11,12)41(4,5)6)28-36(27-33)47-50(13,14)42(7,8)9/h20-21,25,29,31,35-39H,15-19,22-24,26-28H2,1-14H3/b34-21+/t31-,35-,36-,37-,38+,39?,43-/m1/s1. The Morgan fingerprint density at radius 2 is 1.58 bits per heavy atom. The van der Waals surface area contributed by atoms with Crippen LogP contribution < -0.4 is 0 Å². The molecule has 0 amide bonds. The third-order valence-electron chi connectivity index (χ3n) is 13.8. The molecular weight excluding hydrogens is 669 g/mol. The van der Waals surface area contributed by atoms with Gasteiger partial charge in [-0.15, -0.1) is 11.3 Å². The van der Waals surface area contributed by atoms with E-state index in [0.717, 1.165) is 38.0 Å². The summed E-state index contributed by atoms with van der Waals surface area (Å²) < 4.78 is 20.0. The second kappa shape index (κ2) is 16.2. The van der Waals surface area contributed by atoms with Crippen LogP contribution in [0.5, 0.6) is 0 Å². The van der Waals surface area contributed by atoms with E-state index in [1.807, 2.05) is 0 Å². The van der Waals surface area contributed by atoms with Crippen LogP contribution in [0.3, 0.4) is 0 Å². The minimum atomic E-state index is -1.90. The Labute approximate surface area is 313 Å². The van der Waals surface area contributed by atoms with Crippen molar-refractivity contribution < 1.29 is 18.4 Å². The summed E-state index contributed by atoms with van der Waals surface area (Å²) in [6.45, 7) is 32.5. The number of thiophene rings is 1. The van der Waals surface area contributed by atoms with Crippen molar-refractivity contribution in [2.24, 2.45) is 23.2 Å². The maximum Gasteiger partial charge on any atom is 0.303 e. The van der Waals surface area contributed by atoms with Crippen molar-refractivity contribution in [3.63, 3.8) is 0 Å². The number of esters is 1. The Kier molecular flexibility index (Phi) is 13.5. The fraction of sp³-hybridized carbons (Fsp3) is 0.791. The van der Waals surface area contributed by atoms with Gasteiger partial charge in [0.25, 0.3) is 0 Å². The summed E-state index contributed by atoms with van der Waals surface area (Å²) in [6.07, 6.45) is 18.3. The number of aryl methyl sites for hydroxylation is 1. The Balaban J connectivity index is 1.47. The van der Waals surface area contributed by atoms with Crippen molar-refractivity contribution in [3.8, 4) is 0 Å². The van der Waals surface area contributed by atoms with Crippen molar-refractivity contribution in [1.82, 2.24) is 0 Å². The first kappa shape index (κ1) is 41.8. The van der Waals surface area contributed by atoms with Gasteiger partial charge in [0, 0.05) is 11.8 Å². The van der Waals surface area contributed by atoms with Crippen LogP contribution >= 0.6 is 11.3 Å². The van der Waals surface area contributed by atoms with Gasteiger partial charge in [0.2, 0.25) is 0 Å². The Morgan fingerprint density at radius 1 is 0.980 bits per heavy atom. The molecule has 0 N–H and O–H groups in total. The highest BCUT2D eigenvalue weighted by Crippen LogP contribution is 2.60. The zero-order chi connectivity index (χ0) is 37.3. The monoisotopic (exact) mass is 742 g/mol. The van der Waals surface area contributed by atoms with Crippen LogP contribution in [-0.4, -0.2) is 34.8 Å². The highest BCUT2D eigenvalue weighted by Gasteiger charge is 2.50. The van der Waals surface area contributed by atoms with Crippen LogP contribution in [0.25, 0.3) is 0 Å². The lowest BCUT2D eigenvalue weighted by molar-refractivity contribution is -0.147. The van der Waals surface area contributed by atoms with Gasteiger partial charge >= 0.3 is 5.97 Å². The van der Waals surface area contributed by atoms with E-state index in [1.54, 1.807) is 16.9 Å². The van der Waals surface area contributed by atoms with E-state index in [4.69, 9.17) is 13.6 Å². The van der Waals surface area contributed by atoms with Crippen LogP contribution in [0.15, 0.2) is 34.7 Å². The smallest absolute Gasteiger partial charge is 0.303 e. The predicted molar refractivity (Wildman–Crippen MR) is 219 cm³/mol. The maximum atomic E-state index is 11.9. The molecule has 3 fully saturated rings. The fourth-order valence-electron chi connectivity index (χ4n) is 8.98. The molecule has 0 saturated heterocycles. The molecule has 50 heavy (non-hydrogen) atoms. The second-order valence-electron chi connectivity index (χ2n) is 19.8. The summed E-state index contributed by atoms with van der Waals surface area (Å²) in [5, 5.41) is 2.55. The molecule has 1 unspecified atom stereocenters. The van der Waals surface area contributed by atoms with E-state index >= 15 is 0 Å². The quantitative estimate of drug-likeness (QED) is 0.158. The van der Waals surface area contributed by atoms with Crippen LogP contribution in [-0.2, 0) is 18.4 Å². The van der Waals surface area contributed by atoms with Gasteiger partial charge in [0.15, 0.2) is 16.6 Å². The van der Waals surface area contributed by atoms with Gasteiger partial charge in [-0.05, 0) is 148 Å². The average Bonchev–Trinajstić information content (AvgIpc) is 3.56. The number of carbonyl (C=O) groups excluding carboxylic acids is 1. The number of ether oxygens (including phenoxy) is 1. The van der Waals surface area contributed by atoms with E-state index in [1.165, 1.54) is 61.5 Å². The highest BCUT2D eigenvalue weighted by atomic mass is 32.1. The number of carbonyl (C=O) groups is 1. The van der Waals surface area contributed by atoms with Gasteiger partial charge in [0.05, 0.1) is 12.2 Å². The van der Waals surface area contributed by atoms with Crippen LogP contribution in [0, 0.1) is 30.1 Å². The summed E-state index contributed by atoms with van der Waals surface area (Å²) in [7, 11) is -3.79. The number of rotatable bonds is 12. The molecule has 1 aromatic rings. The number of hydrogen-bond acceptors (Lipinski definition) is 5.